The molecule has 0 radical (unpaired) electrons. The highest BCUT2D eigenvalue weighted by Gasteiger charge is 2.27. The molecule has 1 N–H and O–H groups in total. The van der Waals surface area contributed by atoms with E-state index >= 15 is 0 Å². The van der Waals surface area contributed by atoms with Crippen LogP contribution in [-0.2, 0) is 27.9 Å². The van der Waals surface area contributed by atoms with Crippen molar-refractivity contribution in [2.75, 3.05) is 40.9 Å². The van der Waals surface area contributed by atoms with Crippen LogP contribution < -0.4 is 10.2 Å². The van der Waals surface area contributed by atoms with E-state index in [9.17, 15) is 19.0 Å². The lowest BCUT2D eigenvalue weighted by Crippen LogP contribution is -2.47. The average molecular weight is 1250 g/mol. The molecule has 510 valence electrons. The van der Waals surface area contributed by atoms with Crippen LogP contribution in [0.2, 0.25) is 0 Å². The number of nitrogens with zero attached hydrogens (tertiary/aromatic N) is 1. The van der Waals surface area contributed by atoms with Gasteiger partial charge >= 0.3 is 5.97 Å². The van der Waals surface area contributed by atoms with Gasteiger partial charge in [0.2, 0.25) is 5.91 Å². The first-order chi connectivity index (χ1) is 42.9. The van der Waals surface area contributed by atoms with Crippen molar-refractivity contribution in [1.82, 2.24) is 5.32 Å². The first-order valence-corrected chi connectivity index (χ1v) is 38.5. The fraction of sp³-hybridized carbons (Fsp3) is 0.769. The van der Waals surface area contributed by atoms with Gasteiger partial charge in [-0.05, 0) is 109 Å². The molecule has 0 heterocycles. The van der Waals surface area contributed by atoms with Crippen molar-refractivity contribution in [2.45, 2.75) is 348 Å². The molecule has 3 unspecified atom stereocenters. The van der Waals surface area contributed by atoms with Crippen molar-refractivity contribution in [3.05, 3.63) is 97.2 Å². The molecule has 0 saturated heterocycles. The third-order valence-corrected chi connectivity index (χ3v) is 17.2. The molecule has 0 aromatic heterocycles. The summed E-state index contributed by atoms with van der Waals surface area (Å²) < 4.78 is 30.5. The van der Waals surface area contributed by atoms with Crippen molar-refractivity contribution < 1.29 is 37.3 Å². The third-order valence-electron chi connectivity index (χ3n) is 16.2. The first-order valence-electron chi connectivity index (χ1n) is 37.0. The summed E-state index contributed by atoms with van der Waals surface area (Å²) in [6, 6.07) is -0.895. The van der Waals surface area contributed by atoms with Crippen molar-refractivity contribution in [1.29, 1.82) is 0 Å². The Kier molecular flexibility index (Phi) is 64.5. The van der Waals surface area contributed by atoms with Gasteiger partial charge in [-0.2, -0.15) is 0 Å². The standard InChI is InChI=1S/C78H141N2O7P/c1-7-10-13-16-19-22-25-28-30-32-34-36-38-39-40-41-43-45-47-49-51-53-56-59-62-65-68-71-78(82)87-76(69-66-63-60-57-54-27-24-21-18-15-12-9-3)75(74-86-88(83,84)85-73-72-80(4,5)6)79-77(81)70-67-64-61-58-55-52-50-48-46-44-42-37-35-33-31-29-26-23-20-17-14-11-8-2/h10,13,19-20,22-23,28-31,34,36,39-40,66,69,75-76H,7-9,11-12,14-18,21,24-27,32-33,35,37-38,41-65,67-68,70-74H2,1-6H3,(H-,79,81,83,84)/b13-10-,22-19-,23-20-,30-28-,31-29-,36-34-,40-39-,69-66+. The Morgan fingerprint density at radius 1 is 0.409 bits per heavy atom. The molecule has 9 nitrogen and oxygen atoms in total. The highest BCUT2D eigenvalue weighted by atomic mass is 31.2. The van der Waals surface area contributed by atoms with Gasteiger partial charge in [0.25, 0.3) is 7.82 Å². The number of phosphoric ester groups is 1. The summed E-state index contributed by atoms with van der Waals surface area (Å²) in [7, 11) is 1.18. The molecule has 0 aliphatic rings. The molecule has 0 aromatic carbocycles. The smallest absolute Gasteiger partial charge is 0.306 e. The zero-order valence-corrected chi connectivity index (χ0v) is 59.3. The van der Waals surface area contributed by atoms with E-state index < -0.39 is 26.6 Å². The molecular weight excluding hydrogens is 1110 g/mol. The number of quaternary nitrogens is 1. The van der Waals surface area contributed by atoms with Crippen LogP contribution in [0.15, 0.2) is 97.2 Å². The van der Waals surface area contributed by atoms with Crippen molar-refractivity contribution in [3.63, 3.8) is 0 Å². The van der Waals surface area contributed by atoms with E-state index in [0.717, 1.165) is 103 Å². The summed E-state index contributed by atoms with van der Waals surface area (Å²) in [6.45, 7) is 6.73. The second kappa shape index (κ2) is 66.8. The molecule has 0 fully saturated rings. The summed E-state index contributed by atoms with van der Waals surface area (Å²) in [5, 5.41) is 3.05. The van der Waals surface area contributed by atoms with Gasteiger partial charge in [0.1, 0.15) is 19.3 Å². The number of hydrogen-bond acceptors (Lipinski definition) is 7. The fourth-order valence-corrected chi connectivity index (χ4v) is 11.3. The van der Waals surface area contributed by atoms with Crippen molar-refractivity contribution in [3.8, 4) is 0 Å². The number of nitrogens with one attached hydrogen (secondary N) is 1. The molecule has 0 aliphatic heterocycles. The normalized spacial score (nSPS) is 14.0. The summed E-state index contributed by atoms with van der Waals surface area (Å²) in [4.78, 5) is 40.3. The molecule has 10 heteroatoms. The monoisotopic (exact) mass is 1250 g/mol. The fourth-order valence-electron chi connectivity index (χ4n) is 10.6. The Morgan fingerprint density at radius 2 is 0.727 bits per heavy atom. The number of allylic oxidation sites excluding steroid dienone is 15. The largest absolute Gasteiger partial charge is 0.756 e. The maximum atomic E-state index is 13.6. The minimum Gasteiger partial charge on any atom is -0.756 e. The zero-order valence-electron chi connectivity index (χ0n) is 58.4. The highest BCUT2D eigenvalue weighted by molar-refractivity contribution is 7.45. The molecule has 0 spiro atoms. The number of amides is 1. The maximum absolute atomic E-state index is 13.6. The predicted molar refractivity (Wildman–Crippen MR) is 381 cm³/mol. The Hall–Kier alpha value is -3.07. The van der Waals surface area contributed by atoms with E-state index in [-0.39, 0.29) is 24.9 Å². The topological polar surface area (TPSA) is 114 Å². The third kappa shape index (κ3) is 67.3. The quantitative estimate of drug-likeness (QED) is 0.0212. The molecule has 88 heavy (non-hydrogen) atoms. The van der Waals surface area contributed by atoms with Crippen LogP contribution in [0.1, 0.15) is 335 Å². The Morgan fingerprint density at radius 3 is 1.11 bits per heavy atom. The van der Waals surface area contributed by atoms with E-state index in [1.165, 1.54) is 199 Å². The summed E-state index contributed by atoms with van der Waals surface area (Å²) in [5.41, 5.74) is 0. The van der Waals surface area contributed by atoms with Crippen LogP contribution in [0.25, 0.3) is 0 Å². The Balaban J connectivity index is 5.01. The molecule has 3 atom stereocenters. The number of phosphoric acid groups is 1. The first kappa shape index (κ1) is 84.9. The van der Waals surface area contributed by atoms with Crippen molar-refractivity contribution in [2.24, 2.45) is 0 Å². The lowest BCUT2D eigenvalue weighted by Gasteiger charge is -2.30. The minimum absolute atomic E-state index is 0.0253. The van der Waals surface area contributed by atoms with E-state index in [4.69, 9.17) is 13.8 Å². The van der Waals surface area contributed by atoms with E-state index in [0.29, 0.717) is 17.4 Å². The van der Waals surface area contributed by atoms with Crippen molar-refractivity contribution >= 4 is 19.7 Å². The number of hydrogen-bond donors (Lipinski definition) is 1. The van der Waals surface area contributed by atoms with E-state index in [2.05, 4.69) is 111 Å². The number of carbonyl (C=O) groups excluding carboxylic acids is 2. The SMILES string of the molecule is CC/C=C\C/C=C\C/C=C\C/C=C\C/C=C\CCCCCCCCCCCCCC(=O)OC(/C=C/CCCCCCCCCCCC)C(COP(=O)([O-])OCC[N+](C)(C)C)NC(=O)CCCCCCCCCCCCCCC/C=C\C/C=C\CCCCC. The van der Waals surface area contributed by atoms with Crippen LogP contribution in [0, 0.1) is 0 Å². The molecule has 0 aromatic rings. The molecular formula is C78H141N2O7P. The van der Waals surface area contributed by atoms with Gasteiger partial charge in [-0.1, -0.05) is 311 Å². The molecule has 1 amide bonds. The van der Waals surface area contributed by atoms with Crippen LogP contribution in [0.5, 0.6) is 0 Å². The summed E-state index contributed by atoms with van der Waals surface area (Å²) in [6.07, 6.45) is 91.0. The van der Waals surface area contributed by atoms with Gasteiger partial charge in [-0.25, -0.2) is 0 Å². The van der Waals surface area contributed by atoms with E-state index in [1.54, 1.807) is 0 Å². The van der Waals surface area contributed by atoms with Gasteiger partial charge < -0.3 is 28.5 Å². The number of ether oxygens (including phenoxy) is 1. The molecule has 0 aliphatic carbocycles. The average Bonchev–Trinajstić information content (AvgIpc) is 3.61. The maximum Gasteiger partial charge on any atom is 0.306 e. The number of unbranched alkanes of at least 4 members (excludes halogenated alkanes) is 37. The lowest BCUT2D eigenvalue weighted by molar-refractivity contribution is -0.870. The van der Waals surface area contributed by atoms with Gasteiger partial charge in [-0.15, -0.1) is 0 Å². The Labute approximate surface area is 545 Å². The molecule has 0 bridgehead atoms. The van der Waals surface area contributed by atoms with Crippen LogP contribution in [0.4, 0.5) is 0 Å². The second-order valence-corrected chi connectivity index (χ2v) is 27.5. The highest BCUT2D eigenvalue weighted by Crippen LogP contribution is 2.38. The van der Waals surface area contributed by atoms with Gasteiger partial charge in [0.05, 0.1) is 33.8 Å². The number of esters is 1. The Bertz CT molecular complexity index is 1830. The zero-order chi connectivity index (χ0) is 64.2. The predicted octanol–water partition coefficient (Wildman–Crippen LogP) is 23.2. The van der Waals surface area contributed by atoms with Crippen LogP contribution >= 0.6 is 7.82 Å². The second-order valence-electron chi connectivity index (χ2n) is 26.1. The number of rotatable bonds is 67. The van der Waals surface area contributed by atoms with Gasteiger partial charge in [0, 0.05) is 12.8 Å². The molecule has 0 rings (SSSR count). The minimum atomic E-state index is -4.71. The van der Waals surface area contributed by atoms with E-state index in [1.807, 2.05) is 33.3 Å². The van der Waals surface area contributed by atoms with Crippen LogP contribution in [0.3, 0.4) is 0 Å². The van der Waals surface area contributed by atoms with Crippen LogP contribution in [-0.4, -0.2) is 69.4 Å². The molecule has 0 saturated carbocycles. The number of likely N-dealkylation sites (N-methyl/N-ethyl adjacent to an activating group) is 1. The summed E-state index contributed by atoms with van der Waals surface area (Å²) in [5.74, 6) is -0.538. The van der Waals surface area contributed by atoms with Gasteiger partial charge in [0.15, 0.2) is 0 Å². The summed E-state index contributed by atoms with van der Waals surface area (Å²) >= 11 is 0. The lowest BCUT2D eigenvalue weighted by atomic mass is 10.0. The number of carbonyl (C=O) groups is 2. The van der Waals surface area contributed by atoms with Gasteiger partial charge in [-0.3, -0.25) is 14.2 Å².